The van der Waals surface area contributed by atoms with Crippen LogP contribution in [0.5, 0.6) is 0 Å². The van der Waals surface area contributed by atoms with Gasteiger partial charge in [-0.15, -0.1) is 0 Å². The Bertz CT molecular complexity index is 405. The van der Waals surface area contributed by atoms with Crippen molar-refractivity contribution < 1.29 is 9.66 Å². The maximum absolute atomic E-state index is 10.8. The van der Waals surface area contributed by atoms with Crippen LogP contribution in [-0.2, 0) is 4.74 Å². The summed E-state index contributed by atoms with van der Waals surface area (Å²) in [6.07, 6.45) is 0. The SMILES string of the molecule is O=[N+]([O-])c1cc(N2CCOCC2)ccc1Br. The molecule has 1 aliphatic rings. The Labute approximate surface area is 101 Å². The molecule has 1 fully saturated rings. The molecule has 0 aliphatic carbocycles. The minimum Gasteiger partial charge on any atom is -0.378 e. The number of nitro benzene ring substituents is 1. The molecule has 1 saturated heterocycles. The standard InChI is InChI=1S/C10H11BrN2O3/c11-9-2-1-8(7-10(9)13(14)15)12-3-5-16-6-4-12/h1-2,7H,3-6H2. The largest absolute Gasteiger partial charge is 0.378 e. The Morgan fingerprint density at radius 2 is 2.06 bits per heavy atom. The van der Waals surface area contributed by atoms with Crippen molar-refractivity contribution in [1.82, 2.24) is 0 Å². The molecule has 0 bridgehead atoms. The topological polar surface area (TPSA) is 55.6 Å². The van der Waals surface area contributed by atoms with Gasteiger partial charge in [-0.2, -0.15) is 0 Å². The first-order valence-electron chi connectivity index (χ1n) is 4.95. The van der Waals surface area contributed by atoms with E-state index in [1.807, 2.05) is 6.07 Å². The summed E-state index contributed by atoms with van der Waals surface area (Å²) in [5, 5.41) is 10.8. The third kappa shape index (κ3) is 2.33. The van der Waals surface area contributed by atoms with Crippen LogP contribution < -0.4 is 4.90 Å². The van der Waals surface area contributed by atoms with Gasteiger partial charge in [-0.3, -0.25) is 10.1 Å². The zero-order valence-electron chi connectivity index (χ0n) is 8.56. The number of rotatable bonds is 2. The van der Waals surface area contributed by atoms with E-state index in [1.165, 1.54) is 0 Å². The van der Waals surface area contributed by atoms with E-state index in [0.29, 0.717) is 17.7 Å². The van der Waals surface area contributed by atoms with Gasteiger partial charge < -0.3 is 9.64 Å². The van der Waals surface area contributed by atoms with Crippen molar-refractivity contribution in [3.05, 3.63) is 32.8 Å². The van der Waals surface area contributed by atoms with Crippen molar-refractivity contribution in [2.24, 2.45) is 0 Å². The molecule has 86 valence electrons. The molecule has 0 N–H and O–H groups in total. The Kier molecular flexibility index (Phi) is 3.40. The summed E-state index contributed by atoms with van der Waals surface area (Å²) in [5.74, 6) is 0. The monoisotopic (exact) mass is 286 g/mol. The second kappa shape index (κ2) is 4.80. The number of benzene rings is 1. The normalized spacial score (nSPS) is 16.2. The zero-order valence-corrected chi connectivity index (χ0v) is 10.1. The summed E-state index contributed by atoms with van der Waals surface area (Å²) in [6.45, 7) is 2.89. The van der Waals surface area contributed by atoms with Gasteiger partial charge in [-0.05, 0) is 28.1 Å². The number of anilines is 1. The first-order chi connectivity index (χ1) is 7.68. The quantitative estimate of drug-likeness (QED) is 0.618. The van der Waals surface area contributed by atoms with E-state index in [2.05, 4.69) is 20.8 Å². The van der Waals surface area contributed by atoms with Gasteiger partial charge in [0.05, 0.1) is 22.6 Å². The van der Waals surface area contributed by atoms with Crippen LogP contribution in [0, 0.1) is 10.1 Å². The van der Waals surface area contributed by atoms with Crippen LogP contribution in [0.4, 0.5) is 11.4 Å². The molecule has 1 aromatic carbocycles. The van der Waals surface area contributed by atoms with Crippen LogP contribution in [0.2, 0.25) is 0 Å². The summed E-state index contributed by atoms with van der Waals surface area (Å²) in [4.78, 5) is 12.5. The number of hydrogen-bond donors (Lipinski definition) is 0. The van der Waals surface area contributed by atoms with E-state index in [-0.39, 0.29) is 10.6 Å². The molecule has 0 radical (unpaired) electrons. The highest BCUT2D eigenvalue weighted by Gasteiger charge is 2.17. The van der Waals surface area contributed by atoms with E-state index >= 15 is 0 Å². The van der Waals surface area contributed by atoms with Gasteiger partial charge in [0.2, 0.25) is 0 Å². The maximum Gasteiger partial charge on any atom is 0.285 e. The molecule has 0 amide bonds. The molecule has 0 saturated carbocycles. The van der Waals surface area contributed by atoms with Crippen molar-refractivity contribution in [2.45, 2.75) is 0 Å². The van der Waals surface area contributed by atoms with E-state index < -0.39 is 0 Å². The number of halogens is 1. The molecule has 1 aromatic rings. The molecular formula is C10H11BrN2O3. The Balaban J connectivity index is 2.27. The molecule has 0 aromatic heterocycles. The van der Waals surface area contributed by atoms with E-state index in [1.54, 1.807) is 12.1 Å². The summed E-state index contributed by atoms with van der Waals surface area (Å²) in [5.41, 5.74) is 0.974. The molecule has 5 nitrogen and oxygen atoms in total. The molecule has 0 atom stereocenters. The highest BCUT2D eigenvalue weighted by Crippen LogP contribution is 2.29. The van der Waals surface area contributed by atoms with Crippen LogP contribution in [0.15, 0.2) is 22.7 Å². The fourth-order valence-electron chi connectivity index (χ4n) is 1.66. The van der Waals surface area contributed by atoms with Crippen molar-refractivity contribution in [3.63, 3.8) is 0 Å². The highest BCUT2D eigenvalue weighted by atomic mass is 79.9. The van der Waals surface area contributed by atoms with Gasteiger partial charge in [0, 0.05) is 24.8 Å². The van der Waals surface area contributed by atoms with Crippen molar-refractivity contribution >= 4 is 27.3 Å². The van der Waals surface area contributed by atoms with Crippen LogP contribution in [0.25, 0.3) is 0 Å². The van der Waals surface area contributed by atoms with Gasteiger partial charge in [0.25, 0.3) is 5.69 Å². The summed E-state index contributed by atoms with van der Waals surface area (Å²) in [7, 11) is 0. The van der Waals surface area contributed by atoms with E-state index in [4.69, 9.17) is 4.74 Å². The fraction of sp³-hybridized carbons (Fsp3) is 0.400. The van der Waals surface area contributed by atoms with Gasteiger partial charge in [-0.25, -0.2) is 0 Å². The predicted octanol–water partition coefficient (Wildman–Crippen LogP) is 2.19. The number of hydrogen-bond acceptors (Lipinski definition) is 4. The molecule has 6 heteroatoms. The smallest absolute Gasteiger partial charge is 0.285 e. The Morgan fingerprint density at radius 1 is 1.38 bits per heavy atom. The summed E-state index contributed by atoms with van der Waals surface area (Å²) >= 11 is 3.17. The van der Waals surface area contributed by atoms with Crippen LogP contribution >= 0.6 is 15.9 Å². The van der Waals surface area contributed by atoms with Crippen LogP contribution in [-0.4, -0.2) is 31.2 Å². The average molecular weight is 287 g/mol. The lowest BCUT2D eigenvalue weighted by Crippen LogP contribution is -2.36. The van der Waals surface area contributed by atoms with Crippen LogP contribution in [0.1, 0.15) is 0 Å². The molecule has 0 spiro atoms. The zero-order chi connectivity index (χ0) is 11.5. The van der Waals surface area contributed by atoms with Gasteiger partial charge in [0.1, 0.15) is 0 Å². The molecule has 1 heterocycles. The van der Waals surface area contributed by atoms with E-state index in [9.17, 15) is 10.1 Å². The number of ether oxygens (including phenoxy) is 1. The second-order valence-electron chi connectivity index (χ2n) is 3.49. The average Bonchev–Trinajstić information content (AvgIpc) is 2.30. The first-order valence-corrected chi connectivity index (χ1v) is 5.74. The minimum atomic E-state index is -0.381. The number of nitro groups is 1. The van der Waals surface area contributed by atoms with E-state index in [0.717, 1.165) is 18.8 Å². The third-order valence-corrected chi connectivity index (χ3v) is 3.17. The van der Waals surface area contributed by atoms with Crippen molar-refractivity contribution in [1.29, 1.82) is 0 Å². The molecular weight excluding hydrogens is 276 g/mol. The Morgan fingerprint density at radius 3 is 2.69 bits per heavy atom. The maximum atomic E-state index is 10.8. The third-order valence-electron chi connectivity index (χ3n) is 2.50. The second-order valence-corrected chi connectivity index (χ2v) is 4.35. The number of nitrogens with zero attached hydrogens (tertiary/aromatic N) is 2. The summed E-state index contributed by atoms with van der Waals surface area (Å²) in [6, 6.07) is 5.18. The van der Waals surface area contributed by atoms with Gasteiger partial charge in [0.15, 0.2) is 0 Å². The van der Waals surface area contributed by atoms with Crippen LogP contribution in [0.3, 0.4) is 0 Å². The molecule has 1 aliphatic heterocycles. The lowest BCUT2D eigenvalue weighted by Gasteiger charge is -2.28. The first kappa shape index (κ1) is 11.3. The highest BCUT2D eigenvalue weighted by molar-refractivity contribution is 9.10. The molecule has 16 heavy (non-hydrogen) atoms. The minimum absolute atomic E-state index is 0.101. The van der Waals surface area contributed by atoms with Crippen molar-refractivity contribution in [2.75, 3.05) is 31.2 Å². The predicted molar refractivity (Wildman–Crippen MR) is 63.8 cm³/mol. The molecule has 0 unspecified atom stereocenters. The lowest BCUT2D eigenvalue weighted by molar-refractivity contribution is -0.385. The van der Waals surface area contributed by atoms with Gasteiger partial charge >= 0.3 is 0 Å². The van der Waals surface area contributed by atoms with Crippen molar-refractivity contribution in [3.8, 4) is 0 Å². The van der Waals surface area contributed by atoms with Gasteiger partial charge in [-0.1, -0.05) is 0 Å². The number of morpholine rings is 1. The fourth-order valence-corrected chi connectivity index (χ4v) is 2.05. The lowest BCUT2D eigenvalue weighted by atomic mass is 10.2. The molecule has 2 rings (SSSR count). The Hall–Kier alpha value is -1.14. The summed E-state index contributed by atoms with van der Waals surface area (Å²) < 4.78 is 5.75.